The van der Waals surface area contributed by atoms with Crippen LogP contribution in [0.4, 0.5) is 0 Å². The van der Waals surface area contributed by atoms with Gasteiger partial charge in [0.1, 0.15) is 42.5 Å². The fourth-order valence-corrected chi connectivity index (χ4v) is 6.42. The van der Waals surface area contributed by atoms with Crippen LogP contribution in [0.2, 0.25) is 0 Å². The number of carbonyl (C=O) groups is 5. The molecule has 0 spiro atoms. The molecule has 0 bridgehead atoms. The van der Waals surface area contributed by atoms with E-state index < -0.39 is 91.5 Å². The Labute approximate surface area is 322 Å². The fourth-order valence-electron chi connectivity index (χ4n) is 6.42. The van der Waals surface area contributed by atoms with E-state index >= 15 is 0 Å². The van der Waals surface area contributed by atoms with Gasteiger partial charge in [0, 0.05) is 13.3 Å². The maximum atomic E-state index is 13.0. The first-order valence-electron chi connectivity index (χ1n) is 20.4. The first kappa shape index (κ1) is 49.2. The first-order valence-corrected chi connectivity index (χ1v) is 20.4. The van der Waals surface area contributed by atoms with Crippen LogP contribution in [0.5, 0.6) is 0 Å². The van der Waals surface area contributed by atoms with Crippen LogP contribution in [-0.2, 0) is 38.2 Å². The number of rotatable bonds is 31. The van der Waals surface area contributed by atoms with Crippen molar-refractivity contribution in [2.75, 3.05) is 13.2 Å². The van der Waals surface area contributed by atoms with Crippen molar-refractivity contribution in [3.05, 3.63) is 0 Å². The summed E-state index contributed by atoms with van der Waals surface area (Å²) in [4.78, 5) is 61.6. The molecule has 1 fully saturated rings. The van der Waals surface area contributed by atoms with Crippen molar-refractivity contribution < 1.29 is 58.6 Å². The summed E-state index contributed by atoms with van der Waals surface area (Å²) in [6, 6.07) is -3.71. The molecule has 1 saturated heterocycles. The molecule has 1 aliphatic heterocycles. The number of aliphatic hydroxyl groups excluding tert-OH is 3. The average Bonchev–Trinajstić information content (AvgIpc) is 3.13. The lowest BCUT2D eigenvalue weighted by Crippen LogP contribution is -2.65. The number of carbonyl (C=O) groups excluding carboxylic acids is 4. The number of hydrogen-bond donors (Lipinski definition) is 7. The van der Waals surface area contributed by atoms with Gasteiger partial charge < -0.3 is 50.6 Å². The van der Waals surface area contributed by atoms with Crippen molar-refractivity contribution >= 4 is 29.7 Å². The molecule has 7 N–H and O–H groups in total. The monoisotopic (exact) mass is 774 g/mol. The van der Waals surface area contributed by atoms with Crippen LogP contribution < -0.4 is 16.0 Å². The van der Waals surface area contributed by atoms with Crippen LogP contribution in [-0.4, -0.2) is 112 Å². The largest absolute Gasteiger partial charge is 0.481 e. The molecule has 0 aromatic heterocycles. The Kier molecular flexibility index (Phi) is 26.8. The summed E-state index contributed by atoms with van der Waals surface area (Å²) in [6.45, 7) is 5.57. The van der Waals surface area contributed by atoms with E-state index in [9.17, 15) is 39.3 Å². The Morgan fingerprint density at radius 2 is 1.24 bits per heavy atom. The third-order valence-electron chi connectivity index (χ3n) is 9.72. The number of carboxylic acid groups (broad SMARTS) is 1. The predicted molar refractivity (Wildman–Crippen MR) is 202 cm³/mol. The van der Waals surface area contributed by atoms with Gasteiger partial charge >= 0.3 is 11.9 Å². The molecule has 0 radical (unpaired) electrons. The number of amides is 3. The van der Waals surface area contributed by atoms with E-state index in [4.69, 9.17) is 19.3 Å². The number of esters is 1. The number of ether oxygens (including phenoxy) is 3. The standard InChI is InChI=1S/C39H71N3O12/c1-5-6-7-8-9-10-11-12-13-14-15-16-17-18-19-20-21-22-25-52-38(50)30(23-24-32(45)46)42-36(48)27(2)40-37(49)28(3)53-35-33(41-29(4)44)39(51)54-31(26-43)34(35)47/h27-28,30-31,33-35,39,43,47,51H,5-26H2,1-4H3,(H,40,49)(H,41,44)(H,42,48)(H,45,46)/t27-,28+,30+,31+,33+,34+,35+,39+/m0/s1. The Hall–Kier alpha value is -2.85. The Morgan fingerprint density at radius 3 is 1.70 bits per heavy atom. The summed E-state index contributed by atoms with van der Waals surface area (Å²) < 4.78 is 16.2. The number of nitrogens with one attached hydrogen (secondary N) is 3. The van der Waals surface area contributed by atoms with Gasteiger partial charge in [-0.3, -0.25) is 19.2 Å². The lowest BCUT2D eigenvalue weighted by molar-refractivity contribution is -0.266. The topological polar surface area (TPSA) is 230 Å². The minimum atomic E-state index is -1.65. The smallest absolute Gasteiger partial charge is 0.328 e. The van der Waals surface area contributed by atoms with Gasteiger partial charge in [0.05, 0.1) is 13.2 Å². The summed E-state index contributed by atoms with van der Waals surface area (Å²) in [5, 5.41) is 46.9. The first-order chi connectivity index (χ1) is 25.8. The van der Waals surface area contributed by atoms with Gasteiger partial charge in [-0.05, 0) is 26.7 Å². The maximum absolute atomic E-state index is 13.0. The van der Waals surface area contributed by atoms with Crippen LogP contribution in [0.25, 0.3) is 0 Å². The Bertz CT molecular complexity index is 1080. The highest BCUT2D eigenvalue weighted by molar-refractivity contribution is 5.91. The van der Waals surface area contributed by atoms with Gasteiger partial charge in [0.25, 0.3) is 0 Å². The van der Waals surface area contributed by atoms with Crippen LogP contribution in [0, 0.1) is 0 Å². The molecule has 0 unspecified atom stereocenters. The summed E-state index contributed by atoms with van der Waals surface area (Å²) in [6.07, 6.45) is 14.5. The van der Waals surface area contributed by atoms with Crippen LogP contribution >= 0.6 is 0 Å². The molecule has 3 amide bonds. The van der Waals surface area contributed by atoms with E-state index in [1.54, 1.807) is 0 Å². The Balaban J connectivity index is 2.39. The molecular formula is C39H71N3O12. The van der Waals surface area contributed by atoms with Crippen molar-refractivity contribution in [1.29, 1.82) is 0 Å². The van der Waals surface area contributed by atoms with Crippen molar-refractivity contribution in [3.63, 3.8) is 0 Å². The van der Waals surface area contributed by atoms with Gasteiger partial charge in [-0.25, -0.2) is 4.79 Å². The van der Waals surface area contributed by atoms with E-state index in [1.165, 1.54) is 111 Å². The van der Waals surface area contributed by atoms with E-state index in [-0.39, 0.29) is 13.0 Å². The normalized spacial score (nSPS) is 21.4. The molecule has 8 atom stereocenters. The van der Waals surface area contributed by atoms with Crippen molar-refractivity contribution in [1.82, 2.24) is 16.0 Å². The second-order valence-corrected chi connectivity index (χ2v) is 14.6. The summed E-state index contributed by atoms with van der Waals surface area (Å²) in [7, 11) is 0. The molecule has 1 heterocycles. The highest BCUT2D eigenvalue weighted by Crippen LogP contribution is 2.24. The zero-order chi connectivity index (χ0) is 40.3. The van der Waals surface area contributed by atoms with Gasteiger partial charge in [-0.15, -0.1) is 0 Å². The quantitative estimate of drug-likeness (QED) is 0.0395. The number of aliphatic carboxylic acids is 1. The zero-order valence-electron chi connectivity index (χ0n) is 33.2. The molecule has 0 aromatic carbocycles. The van der Waals surface area contributed by atoms with E-state index in [0.717, 1.165) is 19.3 Å². The summed E-state index contributed by atoms with van der Waals surface area (Å²) >= 11 is 0. The van der Waals surface area contributed by atoms with Crippen LogP contribution in [0.1, 0.15) is 156 Å². The van der Waals surface area contributed by atoms with Gasteiger partial charge in [-0.2, -0.15) is 0 Å². The third-order valence-corrected chi connectivity index (χ3v) is 9.72. The van der Waals surface area contributed by atoms with Crippen LogP contribution in [0.3, 0.4) is 0 Å². The number of hydrogen-bond acceptors (Lipinski definition) is 11. The molecule has 15 nitrogen and oxygen atoms in total. The second-order valence-electron chi connectivity index (χ2n) is 14.6. The molecule has 0 aromatic rings. The van der Waals surface area contributed by atoms with Gasteiger partial charge in [0.2, 0.25) is 17.7 Å². The SMILES string of the molecule is CCCCCCCCCCCCCCCCCCCCOC(=O)[C@@H](CCC(=O)O)NC(=O)[C@H](C)NC(=O)[C@@H](C)O[C@H]1[C@H](O)[C@@H](CO)O[C@@H](O)[C@@H]1NC(C)=O. The lowest BCUT2D eigenvalue weighted by atomic mass is 9.96. The molecule has 0 saturated carbocycles. The number of carboxylic acids is 1. The minimum Gasteiger partial charge on any atom is -0.481 e. The van der Waals surface area contributed by atoms with Gasteiger partial charge in [0.15, 0.2) is 6.29 Å². The van der Waals surface area contributed by atoms with E-state index in [1.807, 2.05) is 0 Å². The van der Waals surface area contributed by atoms with Gasteiger partial charge in [-0.1, -0.05) is 116 Å². The highest BCUT2D eigenvalue weighted by Gasteiger charge is 2.47. The maximum Gasteiger partial charge on any atom is 0.328 e. The van der Waals surface area contributed by atoms with Crippen LogP contribution in [0.15, 0.2) is 0 Å². The van der Waals surface area contributed by atoms with E-state index in [0.29, 0.717) is 6.42 Å². The number of aliphatic hydroxyl groups is 3. The molecule has 1 aliphatic rings. The molecule has 314 valence electrons. The van der Waals surface area contributed by atoms with E-state index in [2.05, 4.69) is 22.9 Å². The third kappa shape index (κ3) is 21.3. The highest BCUT2D eigenvalue weighted by atomic mass is 16.6. The van der Waals surface area contributed by atoms with Crippen molar-refractivity contribution in [2.45, 2.75) is 205 Å². The predicted octanol–water partition coefficient (Wildman–Crippen LogP) is 3.77. The second kappa shape index (κ2) is 29.4. The zero-order valence-corrected chi connectivity index (χ0v) is 33.2. The fraction of sp³-hybridized carbons (Fsp3) is 0.872. The average molecular weight is 774 g/mol. The molecule has 15 heteroatoms. The summed E-state index contributed by atoms with van der Waals surface area (Å²) in [5.41, 5.74) is 0. The molecular weight excluding hydrogens is 702 g/mol. The summed E-state index contributed by atoms with van der Waals surface area (Å²) in [5.74, 6) is -4.05. The van der Waals surface area contributed by atoms with Crippen molar-refractivity contribution in [3.8, 4) is 0 Å². The number of unbranched alkanes of at least 4 members (excludes halogenated alkanes) is 17. The minimum absolute atomic E-state index is 0.140. The molecule has 54 heavy (non-hydrogen) atoms. The Morgan fingerprint density at radius 1 is 0.741 bits per heavy atom. The van der Waals surface area contributed by atoms with Crippen molar-refractivity contribution in [2.24, 2.45) is 0 Å². The lowest BCUT2D eigenvalue weighted by Gasteiger charge is -2.43. The molecule has 1 rings (SSSR count). The molecule has 0 aliphatic carbocycles.